The molecule has 3 rings (SSSR count). The Morgan fingerprint density at radius 3 is 2.25 bits per heavy atom. The second-order valence-electron chi connectivity index (χ2n) is 7.95. The minimum absolute atomic E-state index is 0.0899. The Balaban J connectivity index is 1.82. The minimum atomic E-state index is -0.0899. The van der Waals surface area contributed by atoms with Gasteiger partial charge < -0.3 is 15.1 Å². The number of carbonyl (C=O) groups is 2. The summed E-state index contributed by atoms with van der Waals surface area (Å²) in [6.45, 7) is 10.2. The highest BCUT2D eigenvalue weighted by atomic mass is 16.2. The van der Waals surface area contributed by atoms with E-state index in [-0.39, 0.29) is 11.8 Å². The molecule has 154 valence electrons. The van der Waals surface area contributed by atoms with Crippen LogP contribution in [0.5, 0.6) is 0 Å². The molecule has 2 saturated heterocycles. The van der Waals surface area contributed by atoms with Gasteiger partial charge in [-0.25, -0.2) is 0 Å². The molecular formula is C22H34N4O2. The van der Waals surface area contributed by atoms with Crippen LogP contribution in [0.1, 0.15) is 56.3 Å². The Morgan fingerprint density at radius 2 is 1.64 bits per heavy atom. The molecule has 0 radical (unpaired) electrons. The van der Waals surface area contributed by atoms with E-state index in [1.165, 1.54) is 19.8 Å². The predicted octanol–water partition coefficient (Wildman–Crippen LogP) is 3.19. The Labute approximate surface area is 168 Å². The first-order valence-electron chi connectivity index (χ1n) is 10.8. The van der Waals surface area contributed by atoms with E-state index in [9.17, 15) is 9.59 Å². The van der Waals surface area contributed by atoms with Gasteiger partial charge in [0.15, 0.2) is 0 Å². The monoisotopic (exact) mass is 386 g/mol. The van der Waals surface area contributed by atoms with E-state index >= 15 is 0 Å². The molecule has 1 aromatic rings. The van der Waals surface area contributed by atoms with E-state index in [0.717, 1.165) is 82.0 Å². The lowest BCUT2D eigenvalue weighted by Gasteiger charge is -2.35. The maximum Gasteiger partial charge on any atom is 0.256 e. The summed E-state index contributed by atoms with van der Waals surface area (Å²) < 4.78 is 0. The zero-order valence-electron chi connectivity index (χ0n) is 17.4. The summed E-state index contributed by atoms with van der Waals surface area (Å²) >= 11 is 0. The number of nitrogens with zero attached hydrogens (tertiary/aromatic N) is 3. The van der Waals surface area contributed by atoms with Crippen LogP contribution < -0.4 is 10.2 Å². The Morgan fingerprint density at radius 1 is 0.964 bits per heavy atom. The largest absolute Gasteiger partial charge is 0.371 e. The van der Waals surface area contributed by atoms with Gasteiger partial charge in [0.25, 0.3) is 5.91 Å². The van der Waals surface area contributed by atoms with Crippen LogP contribution in [0.25, 0.3) is 0 Å². The molecule has 2 fully saturated rings. The van der Waals surface area contributed by atoms with E-state index in [4.69, 9.17) is 0 Å². The summed E-state index contributed by atoms with van der Waals surface area (Å²) in [6.07, 6.45) is 5.92. The van der Waals surface area contributed by atoms with E-state index < -0.39 is 0 Å². The first-order valence-corrected chi connectivity index (χ1v) is 10.8. The van der Waals surface area contributed by atoms with Crippen LogP contribution in [0.2, 0.25) is 0 Å². The zero-order valence-corrected chi connectivity index (χ0v) is 17.4. The number of benzene rings is 1. The molecule has 6 nitrogen and oxygen atoms in total. The summed E-state index contributed by atoms with van der Waals surface area (Å²) in [7, 11) is 0. The van der Waals surface area contributed by atoms with Crippen LogP contribution >= 0.6 is 0 Å². The van der Waals surface area contributed by atoms with Crippen molar-refractivity contribution < 1.29 is 9.59 Å². The number of hydrogen-bond donors (Lipinski definition) is 1. The van der Waals surface area contributed by atoms with Gasteiger partial charge in [0, 0.05) is 51.9 Å². The SMILES string of the molecule is CCCN1CCN(C(=O)c2ccc(NC(C)=O)cc2N2CCCCCC2)CC1. The molecule has 1 N–H and O–H groups in total. The van der Waals surface area contributed by atoms with Crippen molar-refractivity contribution in [3.05, 3.63) is 23.8 Å². The van der Waals surface area contributed by atoms with E-state index in [1.807, 2.05) is 23.1 Å². The zero-order chi connectivity index (χ0) is 19.9. The predicted molar refractivity (Wildman–Crippen MR) is 114 cm³/mol. The topological polar surface area (TPSA) is 55.9 Å². The fraction of sp³-hybridized carbons (Fsp3) is 0.636. The van der Waals surface area contributed by atoms with Crippen molar-refractivity contribution in [3.63, 3.8) is 0 Å². The minimum Gasteiger partial charge on any atom is -0.371 e. The third kappa shape index (κ3) is 5.25. The van der Waals surface area contributed by atoms with Gasteiger partial charge in [-0.05, 0) is 44.0 Å². The summed E-state index contributed by atoms with van der Waals surface area (Å²) in [5.41, 5.74) is 2.49. The van der Waals surface area contributed by atoms with Gasteiger partial charge >= 0.3 is 0 Å². The molecule has 0 aromatic heterocycles. The van der Waals surface area contributed by atoms with Crippen molar-refractivity contribution in [2.45, 2.75) is 46.0 Å². The second kappa shape index (κ2) is 9.92. The maximum absolute atomic E-state index is 13.3. The van der Waals surface area contributed by atoms with Gasteiger partial charge in [0.05, 0.1) is 11.3 Å². The molecule has 2 aliphatic rings. The van der Waals surface area contributed by atoms with Crippen LogP contribution in [-0.4, -0.2) is 67.4 Å². The lowest BCUT2D eigenvalue weighted by atomic mass is 10.1. The van der Waals surface area contributed by atoms with Crippen molar-refractivity contribution in [1.82, 2.24) is 9.80 Å². The Hall–Kier alpha value is -2.08. The van der Waals surface area contributed by atoms with Crippen molar-refractivity contribution >= 4 is 23.2 Å². The Bertz CT molecular complexity index is 675. The number of hydrogen-bond acceptors (Lipinski definition) is 4. The Kier molecular flexibility index (Phi) is 7.31. The molecule has 0 spiro atoms. The molecule has 6 heteroatoms. The van der Waals surface area contributed by atoms with Gasteiger partial charge in [-0.2, -0.15) is 0 Å². The van der Waals surface area contributed by atoms with Crippen molar-refractivity contribution in [2.24, 2.45) is 0 Å². The van der Waals surface area contributed by atoms with Crippen LogP contribution in [0.15, 0.2) is 18.2 Å². The highest BCUT2D eigenvalue weighted by Crippen LogP contribution is 2.29. The number of amides is 2. The number of anilines is 2. The third-order valence-corrected chi connectivity index (χ3v) is 5.69. The second-order valence-corrected chi connectivity index (χ2v) is 7.95. The molecule has 1 aromatic carbocycles. The van der Waals surface area contributed by atoms with Crippen LogP contribution in [-0.2, 0) is 4.79 Å². The van der Waals surface area contributed by atoms with E-state index in [0.29, 0.717) is 0 Å². The average molecular weight is 387 g/mol. The quantitative estimate of drug-likeness (QED) is 0.844. The van der Waals surface area contributed by atoms with Crippen LogP contribution in [0.4, 0.5) is 11.4 Å². The molecule has 2 heterocycles. The molecule has 2 amide bonds. The molecule has 0 saturated carbocycles. The summed E-state index contributed by atoms with van der Waals surface area (Å²) in [5, 5.41) is 2.87. The van der Waals surface area contributed by atoms with Gasteiger partial charge in [-0.1, -0.05) is 19.8 Å². The summed E-state index contributed by atoms with van der Waals surface area (Å²) in [4.78, 5) is 31.6. The maximum atomic E-state index is 13.3. The van der Waals surface area contributed by atoms with Gasteiger partial charge in [-0.3, -0.25) is 14.5 Å². The number of piperazine rings is 1. The number of carbonyl (C=O) groups excluding carboxylic acids is 2. The van der Waals surface area contributed by atoms with Crippen LogP contribution in [0.3, 0.4) is 0 Å². The molecular weight excluding hydrogens is 352 g/mol. The van der Waals surface area contributed by atoms with Crippen molar-refractivity contribution in [2.75, 3.05) is 56.0 Å². The lowest BCUT2D eigenvalue weighted by molar-refractivity contribution is -0.114. The smallest absolute Gasteiger partial charge is 0.256 e. The molecule has 0 bridgehead atoms. The van der Waals surface area contributed by atoms with Crippen molar-refractivity contribution in [1.29, 1.82) is 0 Å². The van der Waals surface area contributed by atoms with Crippen molar-refractivity contribution in [3.8, 4) is 0 Å². The standard InChI is InChI=1S/C22H34N4O2/c1-3-10-24-13-15-26(16-14-24)22(28)20-9-8-19(23-18(2)27)17-21(20)25-11-6-4-5-7-12-25/h8-9,17H,3-7,10-16H2,1-2H3,(H,23,27). The molecule has 28 heavy (non-hydrogen) atoms. The third-order valence-electron chi connectivity index (χ3n) is 5.69. The first-order chi connectivity index (χ1) is 13.6. The average Bonchev–Trinajstić information content (AvgIpc) is 2.97. The number of nitrogens with one attached hydrogen (secondary N) is 1. The fourth-order valence-corrected chi connectivity index (χ4v) is 4.23. The number of rotatable bonds is 5. The molecule has 0 unspecified atom stereocenters. The summed E-state index contributed by atoms with van der Waals surface area (Å²) in [6, 6.07) is 5.73. The van der Waals surface area contributed by atoms with E-state index in [2.05, 4.69) is 22.0 Å². The van der Waals surface area contributed by atoms with Gasteiger partial charge in [-0.15, -0.1) is 0 Å². The van der Waals surface area contributed by atoms with Gasteiger partial charge in [0.1, 0.15) is 0 Å². The normalized spacial score (nSPS) is 18.6. The fourth-order valence-electron chi connectivity index (χ4n) is 4.23. The highest BCUT2D eigenvalue weighted by molar-refractivity contribution is 6.01. The molecule has 0 atom stereocenters. The van der Waals surface area contributed by atoms with Gasteiger partial charge in [0.2, 0.25) is 5.91 Å². The highest BCUT2D eigenvalue weighted by Gasteiger charge is 2.25. The molecule has 2 aliphatic heterocycles. The molecule has 0 aliphatic carbocycles. The summed E-state index contributed by atoms with van der Waals surface area (Å²) in [5.74, 6) is 0.0257. The lowest BCUT2D eigenvalue weighted by Crippen LogP contribution is -2.49. The van der Waals surface area contributed by atoms with Crippen LogP contribution in [0, 0.1) is 0 Å². The van der Waals surface area contributed by atoms with E-state index in [1.54, 1.807) is 0 Å². The first kappa shape index (κ1) is 20.6.